The quantitative estimate of drug-likeness (QED) is 0.118. The third kappa shape index (κ3) is 5.43. The van der Waals surface area contributed by atoms with Gasteiger partial charge in [0, 0.05) is 26.4 Å². The van der Waals surface area contributed by atoms with E-state index in [1.807, 2.05) is 0 Å². The summed E-state index contributed by atoms with van der Waals surface area (Å²) in [4.78, 5) is 36.0. The van der Waals surface area contributed by atoms with Crippen molar-refractivity contribution in [2.24, 2.45) is 5.92 Å². The minimum Gasteiger partial charge on any atom is -0.390 e. The van der Waals surface area contributed by atoms with Crippen molar-refractivity contribution < 1.29 is 42.6 Å². The maximum atomic E-state index is 12.9. The average molecular weight is 637 g/mol. The molecule has 2 saturated heterocycles. The molecule has 0 aromatic carbocycles. The van der Waals surface area contributed by atoms with Gasteiger partial charge in [0.15, 0.2) is 35.3 Å². The van der Waals surface area contributed by atoms with E-state index < -0.39 is 57.1 Å². The lowest BCUT2D eigenvalue weighted by Gasteiger charge is -2.19. The maximum absolute atomic E-state index is 12.9. The number of carbonyl (C=O) groups is 1. The van der Waals surface area contributed by atoms with Gasteiger partial charge in [0.25, 0.3) is 0 Å². The first-order valence-electron chi connectivity index (χ1n) is 12.9. The zero-order valence-corrected chi connectivity index (χ0v) is 24.2. The van der Waals surface area contributed by atoms with Gasteiger partial charge in [-0.3, -0.25) is 9.13 Å². The maximum Gasteiger partial charge on any atom is 0.697 e. The summed E-state index contributed by atoms with van der Waals surface area (Å²) >= 11 is 0. The van der Waals surface area contributed by atoms with Crippen LogP contribution in [0.1, 0.15) is 18.9 Å². The van der Waals surface area contributed by atoms with Crippen molar-refractivity contribution in [2.45, 2.75) is 49.4 Å². The monoisotopic (exact) mass is 637 g/mol. The number of aldehydes is 1. The molecule has 2 aliphatic heterocycles. The molecule has 0 bridgehead atoms. The fraction of sp³-hybridized carbons (Fsp3) is 0.500. The van der Waals surface area contributed by atoms with Crippen LogP contribution in [0.2, 0.25) is 0 Å². The van der Waals surface area contributed by atoms with Gasteiger partial charge in [0.1, 0.15) is 61.1 Å². The van der Waals surface area contributed by atoms with E-state index in [9.17, 15) is 19.6 Å². The summed E-state index contributed by atoms with van der Waals surface area (Å²) in [5.41, 5.74) is 13.1. The van der Waals surface area contributed by atoms with E-state index in [4.69, 9.17) is 34.5 Å². The molecule has 4 aromatic rings. The average Bonchev–Trinajstić information content (AvgIpc) is 3.75. The van der Waals surface area contributed by atoms with E-state index >= 15 is 0 Å². The van der Waals surface area contributed by atoms with Gasteiger partial charge in [0.2, 0.25) is 0 Å². The lowest BCUT2D eigenvalue weighted by atomic mass is 9.97. The summed E-state index contributed by atoms with van der Waals surface area (Å²) in [6.07, 6.45) is -1.50. The number of hydrogen-bond acceptors (Lipinski definition) is 17. The first-order chi connectivity index (χ1) is 20.8. The first kappa shape index (κ1) is 29.7. The zero-order chi connectivity index (χ0) is 30.2. The summed E-state index contributed by atoms with van der Waals surface area (Å²) < 4.78 is 44.0. The van der Waals surface area contributed by atoms with Crippen LogP contribution in [0.25, 0.3) is 22.3 Å². The zero-order valence-electron chi connectivity index (χ0n) is 22.1. The second-order valence-corrected chi connectivity index (χ2v) is 11.0. The molecule has 0 spiro atoms. The Bertz CT molecular complexity index is 1640. The molecule has 2 unspecified atom stereocenters. The molecule has 0 amide bonds. The topological polar surface area (TPSA) is 260 Å². The summed E-state index contributed by atoms with van der Waals surface area (Å²) in [6, 6.07) is 0. The number of hydrogen-bond donors (Lipinski definition) is 4. The van der Waals surface area contributed by atoms with E-state index in [2.05, 4.69) is 39.4 Å². The molecular weight excluding hydrogens is 610 g/mol. The van der Waals surface area contributed by atoms with Crippen LogP contribution in [0.3, 0.4) is 0 Å². The van der Waals surface area contributed by atoms with Crippen LogP contribution in [0.5, 0.6) is 0 Å². The minimum absolute atomic E-state index is 0.0394. The van der Waals surface area contributed by atoms with Gasteiger partial charge in [-0.25, -0.2) is 29.9 Å². The van der Waals surface area contributed by atoms with Crippen LogP contribution in [-0.2, 0) is 32.4 Å². The number of rotatable bonds is 11. The van der Waals surface area contributed by atoms with Crippen LogP contribution >= 0.6 is 17.7 Å². The van der Waals surface area contributed by atoms with E-state index in [-0.39, 0.29) is 31.3 Å². The van der Waals surface area contributed by atoms with E-state index in [0.717, 1.165) is 0 Å². The van der Waals surface area contributed by atoms with Gasteiger partial charge in [-0.2, -0.15) is 0 Å². The highest BCUT2D eigenvalue weighted by Gasteiger charge is 2.52. The molecule has 2 fully saturated rings. The first-order valence-corrected chi connectivity index (χ1v) is 14.4. The molecule has 0 radical (unpaired) electrons. The Kier molecular flexibility index (Phi) is 8.50. The Hall–Kier alpha value is -3.38. The predicted octanol–water partition coefficient (Wildman–Crippen LogP) is -0.582. The van der Waals surface area contributed by atoms with E-state index in [0.29, 0.717) is 28.6 Å². The van der Waals surface area contributed by atoms with Crippen LogP contribution in [-0.4, -0.2) is 99.3 Å². The molecule has 6 N–H and O–H groups in total. The van der Waals surface area contributed by atoms with E-state index in [1.165, 1.54) is 29.9 Å². The lowest BCUT2D eigenvalue weighted by molar-refractivity contribution is -0.110. The van der Waals surface area contributed by atoms with Gasteiger partial charge in [-0.1, -0.05) is 0 Å². The molecule has 21 heteroatoms. The number of imidazole rings is 2. The van der Waals surface area contributed by atoms with Gasteiger partial charge >= 0.3 is 8.25 Å². The molecule has 6 heterocycles. The molecule has 0 aliphatic carbocycles. The number of aliphatic hydroxyl groups excluding tert-OH is 2. The molecule has 6 rings (SSSR count). The number of nitrogens with two attached hydrogens (primary N) is 2. The molecular formula is C22H27N10O9P2+. The van der Waals surface area contributed by atoms with Crippen molar-refractivity contribution >= 4 is 58.0 Å². The van der Waals surface area contributed by atoms with Crippen LogP contribution in [0.4, 0.5) is 11.6 Å². The van der Waals surface area contributed by atoms with Crippen molar-refractivity contribution in [2.75, 3.05) is 24.7 Å². The number of carbonyl (C=O) groups excluding carboxylic acids is 1. The van der Waals surface area contributed by atoms with Crippen LogP contribution in [0.15, 0.2) is 25.3 Å². The molecule has 19 nitrogen and oxygen atoms in total. The molecule has 2 aliphatic rings. The van der Waals surface area contributed by atoms with Gasteiger partial charge in [-0.15, -0.1) is 9.05 Å². The smallest absolute Gasteiger partial charge is 0.390 e. The summed E-state index contributed by atoms with van der Waals surface area (Å²) in [7, 11) is -0.790. The molecule has 0 saturated carbocycles. The Balaban J connectivity index is 1.14. The molecule has 43 heavy (non-hydrogen) atoms. The fourth-order valence-corrected chi connectivity index (χ4v) is 6.25. The van der Waals surface area contributed by atoms with Crippen molar-refractivity contribution in [3.05, 3.63) is 25.3 Å². The standard InChI is InChI=1S/C22H27N10O9P2/c23-17-12-19(27-5-25-17)31(7-29-12)21-9(1-2-33)14(34)10(39-21)4-38-43(36)41-16-11(3-37-42)40-22(15(16)35)32-8-30-13-18(24)26-6-28-20(13)32/h2,5-11,14-16,21-22,34-35H,1,3-4,42H2,(H2,23,25,27)(H2,24,26,28)/q+1/t9-,10-,11-,14+,15-,16-,21-,22-/m1/s1. The van der Waals surface area contributed by atoms with Crippen molar-refractivity contribution in [3.8, 4) is 0 Å². The van der Waals surface area contributed by atoms with Crippen molar-refractivity contribution in [1.82, 2.24) is 39.0 Å². The largest absolute Gasteiger partial charge is 0.697 e. The Labute approximate surface area is 245 Å². The Morgan fingerprint density at radius 3 is 2.12 bits per heavy atom. The summed E-state index contributed by atoms with van der Waals surface area (Å²) in [5.74, 6) is -0.388. The number of fused-ring (bicyclic) bond motifs is 2. The number of anilines is 2. The SMILES string of the molecule is Nc1ncnc2c1ncn2[C@@H]1O[C@H](COP)[C@@H](O[P+](=O)OC[C@H]2O[C@@H](n3cnc4c(N)ncnc43)[C@H](CC=O)[C@@H]2O)[C@H]1O. The Morgan fingerprint density at radius 2 is 1.51 bits per heavy atom. The van der Waals surface area contributed by atoms with Crippen molar-refractivity contribution in [3.63, 3.8) is 0 Å². The minimum atomic E-state index is -2.86. The van der Waals surface area contributed by atoms with Gasteiger partial charge in [-0.05, 0) is 0 Å². The lowest BCUT2D eigenvalue weighted by Crippen LogP contribution is -2.35. The third-order valence-corrected chi connectivity index (χ3v) is 8.28. The molecule has 4 aromatic heterocycles. The number of aliphatic hydroxyl groups is 2. The normalized spacial score (nSPS) is 29.5. The number of nitrogens with zero attached hydrogens (tertiary/aromatic N) is 8. The number of aromatic nitrogens is 8. The highest BCUT2D eigenvalue weighted by molar-refractivity contribution is 7.33. The number of nitrogen functional groups attached to an aromatic ring is 2. The van der Waals surface area contributed by atoms with Crippen molar-refractivity contribution in [1.29, 1.82) is 0 Å². The van der Waals surface area contributed by atoms with Crippen LogP contribution < -0.4 is 11.5 Å². The van der Waals surface area contributed by atoms with E-state index in [1.54, 1.807) is 4.57 Å². The second kappa shape index (κ2) is 12.3. The van der Waals surface area contributed by atoms with Crippen LogP contribution in [0, 0.1) is 5.92 Å². The fourth-order valence-electron chi connectivity index (χ4n) is 5.27. The highest BCUT2D eigenvalue weighted by atomic mass is 31.1. The highest BCUT2D eigenvalue weighted by Crippen LogP contribution is 2.42. The van der Waals surface area contributed by atoms with Gasteiger partial charge in [0.05, 0.1) is 25.4 Å². The third-order valence-electron chi connectivity index (χ3n) is 7.31. The van der Waals surface area contributed by atoms with Gasteiger partial charge < -0.3 is 40.5 Å². The number of ether oxygens (including phenoxy) is 2. The summed E-state index contributed by atoms with van der Waals surface area (Å²) in [6.45, 7) is -0.408. The second-order valence-electron chi connectivity index (χ2n) is 9.77. The Morgan fingerprint density at radius 1 is 0.907 bits per heavy atom. The summed E-state index contributed by atoms with van der Waals surface area (Å²) in [5, 5.41) is 22.1. The predicted molar refractivity (Wildman–Crippen MR) is 148 cm³/mol. The molecule has 10 atom stereocenters. The molecule has 228 valence electrons.